The fourth-order valence-electron chi connectivity index (χ4n) is 10.5. The second-order valence-corrected chi connectivity index (χ2v) is 15.1. The molecule has 0 radical (unpaired) electrons. The van der Waals surface area contributed by atoms with Crippen molar-refractivity contribution in [1.82, 2.24) is 15.0 Å². The average molecular weight is 614 g/mol. The molecule has 0 spiro atoms. The number of ether oxygens (including phenoxy) is 2. The van der Waals surface area contributed by atoms with Crippen LogP contribution in [0, 0.1) is 46.3 Å². The van der Waals surface area contributed by atoms with Crippen molar-refractivity contribution in [3.05, 3.63) is 11.9 Å². The Bertz CT molecular complexity index is 1200. The van der Waals surface area contributed by atoms with Gasteiger partial charge in [-0.2, -0.15) is 0 Å². The zero-order valence-electron chi connectivity index (χ0n) is 27.8. The number of aliphatic hydroxyl groups excluding tert-OH is 1. The molecule has 4 aliphatic rings. The Kier molecular flexibility index (Phi) is 9.93. The van der Waals surface area contributed by atoms with Gasteiger partial charge >= 0.3 is 11.9 Å². The highest BCUT2D eigenvalue weighted by atomic mass is 16.5. The van der Waals surface area contributed by atoms with Gasteiger partial charge in [0, 0.05) is 36.8 Å². The molecule has 1 heterocycles. The molecule has 0 aliphatic heterocycles. The lowest BCUT2D eigenvalue weighted by atomic mass is 9.42. The van der Waals surface area contributed by atoms with Crippen LogP contribution in [0.25, 0.3) is 0 Å². The summed E-state index contributed by atoms with van der Waals surface area (Å²) in [6, 6.07) is -0.521. The van der Waals surface area contributed by atoms with Crippen LogP contribution in [0.2, 0.25) is 0 Å². The number of esters is 2. The van der Waals surface area contributed by atoms with E-state index in [-0.39, 0.29) is 70.9 Å². The quantitative estimate of drug-likeness (QED) is 0.243. The summed E-state index contributed by atoms with van der Waals surface area (Å²) >= 11 is 0. The second-order valence-electron chi connectivity index (χ2n) is 15.1. The van der Waals surface area contributed by atoms with Gasteiger partial charge in [0.25, 0.3) is 0 Å². The van der Waals surface area contributed by atoms with E-state index in [1.807, 2.05) is 10.9 Å². The summed E-state index contributed by atoms with van der Waals surface area (Å²) in [5.41, 5.74) is 0.0641. The van der Waals surface area contributed by atoms with Gasteiger partial charge in [0.1, 0.15) is 12.1 Å². The van der Waals surface area contributed by atoms with Crippen LogP contribution in [0.15, 0.2) is 6.20 Å². The summed E-state index contributed by atoms with van der Waals surface area (Å²) < 4.78 is 13.0. The SMILES string of the molecule is CCCCCCc1cn([C@@H]2C(=O)[C@@]3(C)C(CCC3[C@H](C)CCC(=O)OC)C3C2[C@@]2(C)CC[C@@H](O)C[C@H]2C[C@H]3OC(C)=O)nn1. The Morgan fingerprint density at radius 2 is 1.93 bits per heavy atom. The van der Waals surface area contributed by atoms with Gasteiger partial charge in [-0.3, -0.25) is 14.4 Å². The molecule has 1 aromatic rings. The third kappa shape index (κ3) is 5.87. The zero-order chi connectivity index (χ0) is 31.8. The Morgan fingerprint density at radius 3 is 2.64 bits per heavy atom. The van der Waals surface area contributed by atoms with Crippen molar-refractivity contribution in [1.29, 1.82) is 0 Å². The largest absolute Gasteiger partial charge is 0.469 e. The highest BCUT2D eigenvalue weighted by Gasteiger charge is 2.70. The minimum absolute atomic E-state index is 0.00176. The van der Waals surface area contributed by atoms with Crippen molar-refractivity contribution in [2.75, 3.05) is 7.11 Å². The molecule has 4 saturated carbocycles. The van der Waals surface area contributed by atoms with Gasteiger partial charge in [0.2, 0.25) is 0 Å². The minimum Gasteiger partial charge on any atom is -0.469 e. The number of carbonyl (C=O) groups is 3. The maximum atomic E-state index is 15.3. The summed E-state index contributed by atoms with van der Waals surface area (Å²) in [4.78, 5) is 39.9. The van der Waals surface area contributed by atoms with E-state index in [9.17, 15) is 14.7 Å². The maximum Gasteiger partial charge on any atom is 0.305 e. The van der Waals surface area contributed by atoms with Crippen molar-refractivity contribution in [2.24, 2.45) is 46.3 Å². The number of hydrogen-bond donors (Lipinski definition) is 1. The van der Waals surface area contributed by atoms with E-state index in [4.69, 9.17) is 9.47 Å². The lowest BCUT2D eigenvalue weighted by Crippen LogP contribution is -2.65. The van der Waals surface area contributed by atoms with Gasteiger partial charge in [-0.1, -0.05) is 52.2 Å². The highest BCUT2D eigenvalue weighted by Crippen LogP contribution is 2.69. The van der Waals surface area contributed by atoms with E-state index in [1.165, 1.54) is 26.9 Å². The molecular formula is C35H55N3O6. The predicted octanol–water partition coefficient (Wildman–Crippen LogP) is 5.88. The summed E-state index contributed by atoms with van der Waals surface area (Å²) in [6.45, 7) is 10.3. The number of aliphatic hydroxyl groups is 1. The first-order valence-corrected chi connectivity index (χ1v) is 17.3. The molecular weight excluding hydrogens is 558 g/mol. The van der Waals surface area contributed by atoms with Crippen molar-refractivity contribution in [3.8, 4) is 0 Å². The summed E-state index contributed by atoms with van der Waals surface area (Å²) in [5.74, 6) is 0.0753. The van der Waals surface area contributed by atoms with Gasteiger partial charge in [0.05, 0.1) is 18.9 Å². The number of fused-ring (bicyclic) bond motifs is 5. The number of aryl methyl sites for hydroxylation is 1. The van der Waals surface area contributed by atoms with E-state index in [1.54, 1.807) is 0 Å². The molecule has 0 amide bonds. The van der Waals surface area contributed by atoms with Gasteiger partial charge < -0.3 is 14.6 Å². The average Bonchev–Trinajstić information content (AvgIpc) is 3.60. The topological polar surface area (TPSA) is 121 Å². The Hall–Kier alpha value is -2.29. The number of ketones is 1. The Balaban J connectivity index is 1.58. The van der Waals surface area contributed by atoms with Crippen LogP contribution in [0.4, 0.5) is 0 Å². The molecule has 0 saturated heterocycles. The zero-order valence-corrected chi connectivity index (χ0v) is 27.8. The van der Waals surface area contributed by atoms with Crippen molar-refractivity contribution in [2.45, 2.75) is 136 Å². The number of nitrogens with zero attached hydrogens (tertiary/aromatic N) is 3. The first-order valence-electron chi connectivity index (χ1n) is 17.3. The van der Waals surface area contributed by atoms with Crippen LogP contribution in [-0.2, 0) is 30.3 Å². The molecule has 1 N–H and O–H groups in total. The van der Waals surface area contributed by atoms with E-state index in [2.05, 4.69) is 38.0 Å². The number of Topliss-reactive ketones (excluding diaryl/α,β-unsaturated/α-hetero) is 1. The van der Waals surface area contributed by atoms with E-state index in [0.29, 0.717) is 32.1 Å². The minimum atomic E-state index is -0.648. The highest BCUT2D eigenvalue weighted by molar-refractivity contribution is 5.90. The van der Waals surface area contributed by atoms with E-state index < -0.39 is 11.5 Å². The molecule has 9 nitrogen and oxygen atoms in total. The van der Waals surface area contributed by atoms with E-state index >= 15 is 4.79 Å². The first kappa shape index (κ1) is 33.1. The van der Waals surface area contributed by atoms with Gasteiger partial charge in [-0.25, -0.2) is 4.68 Å². The number of aromatic nitrogens is 3. The molecule has 11 atom stereocenters. The maximum absolute atomic E-state index is 15.3. The predicted molar refractivity (Wildman–Crippen MR) is 165 cm³/mol. The van der Waals surface area contributed by atoms with Gasteiger partial charge in [-0.05, 0) is 86.9 Å². The molecule has 1 aromatic heterocycles. The van der Waals surface area contributed by atoms with Crippen molar-refractivity contribution in [3.63, 3.8) is 0 Å². The number of hydrogen-bond acceptors (Lipinski definition) is 8. The number of carbonyl (C=O) groups excluding carboxylic acids is 3. The standard InChI is InChI=1S/C35H55N3O6/c1-7-8-9-10-11-24-20-38(37-36-24)32-31-30(28(44-22(3)39)19-23-18-25(40)16-17-34(23,31)4)27-14-13-26(35(27,5)33(32)42)21(2)12-15-29(41)43-6/h20-21,23,25-28,30-32,40H,7-19H2,1-6H3/t21-,23+,25-,26?,27?,28-,30?,31?,32+,34+,35-/m1/s1. The third-order valence-electron chi connectivity index (χ3n) is 12.7. The fraction of sp³-hybridized carbons (Fsp3) is 0.857. The third-order valence-corrected chi connectivity index (χ3v) is 12.7. The van der Waals surface area contributed by atoms with Gasteiger partial charge in [-0.15, -0.1) is 5.10 Å². The molecule has 4 unspecified atom stereocenters. The fourth-order valence-corrected chi connectivity index (χ4v) is 10.5. The normalized spacial score (nSPS) is 38.8. The van der Waals surface area contributed by atoms with E-state index in [0.717, 1.165) is 44.2 Å². The lowest BCUT2D eigenvalue weighted by Gasteiger charge is -2.63. The molecule has 9 heteroatoms. The van der Waals surface area contributed by atoms with Crippen LogP contribution >= 0.6 is 0 Å². The summed E-state index contributed by atoms with van der Waals surface area (Å²) in [7, 11) is 1.42. The molecule has 0 aromatic carbocycles. The Labute approximate surface area is 263 Å². The molecule has 0 bridgehead atoms. The smallest absolute Gasteiger partial charge is 0.305 e. The molecule has 44 heavy (non-hydrogen) atoms. The van der Waals surface area contributed by atoms with Gasteiger partial charge in [0.15, 0.2) is 5.78 Å². The first-order chi connectivity index (χ1) is 20.9. The number of rotatable bonds is 11. The summed E-state index contributed by atoms with van der Waals surface area (Å²) in [5, 5.41) is 20.0. The molecule has 4 aliphatic carbocycles. The van der Waals surface area contributed by atoms with Crippen LogP contribution in [0.5, 0.6) is 0 Å². The monoisotopic (exact) mass is 613 g/mol. The molecule has 5 rings (SSSR count). The molecule has 4 fully saturated rings. The van der Waals surface area contributed by atoms with Crippen molar-refractivity contribution < 1.29 is 29.0 Å². The van der Waals surface area contributed by atoms with Crippen molar-refractivity contribution >= 4 is 17.7 Å². The summed E-state index contributed by atoms with van der Waals surface area (Å²) in [6.07, 6.45) is 12.4. The van der Waals surface area contributed by atoms with Crippen LogP contribution in [0.1, 0.15) is 123 Å². The van der Waals surface area contributed by atoms with Crippen LogP contribution in [-0.4, -0.2) is 57.1 Å². The lowest BCUT2D eigenvalue weighted by molar-refractivity contribution is -0.205. The second kappa shape index (κ2) is 13.2. The van der Waals surface area contributed by atoms with Crippen LogP contribution in [0.3, 0.4) is 0 Å². The molecule has 246 valence electrons. The Morgan fingerprint density at radius 1 is 1.16 bits per heavy atom. The van der Waals surface area contributed by atoms with Crippen LogP contribution < -0.4 is 0 Å². The number of unbranched alkanes of at least 4 members (excludes halogenated alkanes) is 3. The number of methoxy groups -OCH3 is 1.